The second-order valence-corrected chi connectivity index (χ2v) is 6.42. The van der Waals surface area contributed by atoms with E-state index in [1.165, 1.54) is 5.56 Å². The second-order valence-electron chi connectivity index (χ2n) is 4.82. The molecule has 0 saturated heterocycles. The molecule has 0 heterocycles. The summed E-state index contributed by atoms with van der Waals surface area (Å²) in [5.41, 5.74) is 2.33. The van der Waals surface area contributed by atoms with Crippen molar-refractivity contribution in [1.29, 1.82) is 0 Å². The summed E-state index contributed by atoms with van der Waals surface area (Å²) >= 11 is 8.24. The summed E-state index contributed by atoms with van der Waals surface area (Å²) < 4.78 is 6.78. The van der Waals surface area contributed by atoms with Crippen LogP contribution in [0.1, 0.15) is 25.3 Å². The maximum absolute atomic E-state index is 5.96. The van der Waals surface area contributed by atoms with E-state index in [-0.39, 0.29) is 0 Å². The molecular weight excluding hydrogens is 397 g/mol. The first kappa shape index (κ1) is 16.4. The van der Waals surface area contributed by atoms with E-state index in [9.17, 15) is 0 Å². The van der Waals surface area contributed by atoms with Crippen LogP contribution in [0, 0.1) is 3.57 Å². The normalized spacial score (nSPS) is 10.4. The quantitative estimate of drug-likeness (QED) is 0.460. The lowest BCUT2D eigenvalue weighted by Gasteiger charge is -2.10. The van der Waals surface area contributed by atoms with Gasteiger partial charge < -0.3 is 10.1 Å². The van der Waals surface area contributed by atoms with Crippen molar-refractivity contribution in [2.24, 2.45) is 0 Å². The molecule has 0 amide bonds. The number of benzene rings is 2. The molecule has 0 aliphatic carbocycles. The lowest BCUT2D eigenvalue weighted by molar-refractivity contribution is 0.309. The van der Waals surface area contributed by atoms with E-state index in [1.807, 2.05) is 30.3 Å². The molecule has 2 rings (SSSR count). The van der Waals surface area contributed by atoms with Crippen molar-refractivity contribution >= 4 is 39.9 Å². The molecule has 21 heavy (non-hydrogen) atoms. The molecule has 0 fully saturated rings. The zero-order chi connectivity index (χ0) is 15.1. The summed E-state index contributed by atoms with van der Waals surface area (Å²) in [7, 11) is 0. The largest absolute Gasteiger partial charge is 0.494 e. The Labute approximate surface area is 145 Å². The summed E-state index contributed by atoms with van der Waals surface area (Å²) in [6, 6.07) is 14.1. The SMILES string of the molecule is CCCCOc1ccc(CNc2ccc(Cl)cc2I)cc1. The van der Waals surface area contributed by atoms with Gasteiger partial charge in [0.05, 0.1) is 6.61 Å². The van der Waals surface area contributed by atoms with Crippen molar-refractivity contribution in [2.45, 2.75) is 26.3 Å². The molecule has 0 atom stereocenters. The highest BCUT2D eigenvalue weighted by Gasteiger charge is 2.01. The van der Waals surface area contributed by atoms with Gasteiger partial charge in [0.25, 0.3) is 0 Å². The monoisotopic (exact) mass is 415 g/mol. The van der Waals surface area contributed by atoms with E-state index in [4.69, 9.17) is 16.3 Å². The highest BCUT2D eigenvalue weighted by atomic mass is 127. The number of ether oxygens (including phenoxy) is 1. The number of rotatable bonds is 7. The van der Waals surface area contributed by atoms with Crippen molar-refractivity contribution < 1.29 is 4.74 Å². The first-order chi connectivity index (χ1) is 10.2. The second kappa shape index (κ2) is 8.49. The van der Waals surface area contributed by atoms with Gasteiger partial charge >= 0.3 is 0 Å². The average Bonchev–Trinajstić information content (AvgIpc) is 2.48. The molecule has 4 heteroatoms. The minimum Gasteiger partial charge on any atom is -0.494 e. The van der Waals surface area contributed by atoms with Gasteiger partial charge in [0, 0.05) is 20.8 Å². The van der Waals surface area contributed by atoms with Crippen LogP contribution >= 0.6 is 34.2 Å². The van der Waals surface area contributed by atoms with E-state index in [0.29, 0.717) is 0 Å². The molecule has 1 N–H and O–H groups in total. The Morgan fingerprint density at radius 3 is 2.57 bits per heavy atom. The van der Waals surface area contributed by atoms with Crippen LogP contribution in [0.15, 0.2) is 42.5 Å². The Hall–Kier alpha value is -0.940. The maximum atomic E-state index is 5.96. The van der Waals surface area contributed by atoms with Gasteiger partial charge in [-0.25, -0.2) is 0 Å². The Kier molecular flexibility index (Phi) is 6.64. The number of halogens is 2. The van der Waals surface area contributed by atoms with Crippen LogP contribution < -0.4 is 10.1 Å². The van der Waals surface area contributed by atoms with Crippen LogP contribution in [0.3, 0.4) is 0 Å². The molecule has 2 nitrogen and oxygen atoms in total. The Bertz CT molecular complexity index is 572. The molecule has 0 bridgehead atoms. The predicted octanol–water partition coefficient (Wildman–Crippen LogP) is 5.74. The van der Waals surface area contributed by atoms with Crippen molar-refractivity contribution in [2.75, 3.05) is 11.9 Å². The summed E-state index contributed by atoms with van der Waals surface area (Å²) in [5, 5.41) is 4.18. The molecule has 2 aromatic carbocycles. The smallest absolute Gasteiger partial charge is 0.119 e. The van der Waals surface area contributed by atoms with Gasteiger partial charge in [0.2, 0.25) is 0 Å². The first-order valence-electron chi connectivity index (χ1n) is 7.09. The van der Waals surface area contributed by atoms with Crippen LogP contribution in [-0.4, -0.2) is 6.61 Å². The molecular formula is C17H19ClINO. The zero-order valence-electron chi connectivity index (χ0n) is 12.0. The van der Waals surface area contributed by atoms with Crippen molar-refractivity contribution in [3.63, 3.8) is 0 Å². The van der Waals surface area contributed by atoms with Crippen LogP contribution in [0.25, 0.3) is 0 Å². The summed E-state index contributed by atoms with van der Waals surface area (Å²) in [6.45, 7) is 3.74. The molecule has 0 aliphatic rings. The highest BCUT2D eigenvalue weighted by Crippen LogP contribution is 2.23. The predicted molar refractivity (Wildman–Crippen MR) is 98.3 cm³/mol. The number of nitrogens with one attached hydrogen (secondary N) is 1. The number of unbranched alkanes of at least 4 members (excludes halogenated alkanes) is 1. The molecule has 112 valence electrons. The minimum absolute atomic E-state index is 0.763. The van der Waals surface area contributed by atoms with E-state index in [0.717, 1.165) is 46.0 Å². The third-order valence-corrected chi connectivity index (χ3v) is 4.23. The van der Waals surface area contributed by atoms with Crippen molar-refractivity contribution in [3.8, 4) is 5.75 Å². The molecule has 0 radical (unpaired) electrons. The van der Waals surface area contributed by atoms with Gasteiger partial charge in [-0.1, -0.05) is 37.1 Å². The topological polar surface area (TPSA) is 21.3 Å². The molecule has 0 aromatic heterocycles. The molecule has 2 aromatic rings. The summed E-state index contributed by atoms with van der Waals surface area (Å²) in [4.78, 5) is 0. The molecule has 0 saturated carbocycles. The fraction of sp³-hybridized carbons (Fsp3) is 0.294. The standard InChI is InChI=1S/C17H19ClINO/c1-2-3-10-21-15-7-4-13(5-8-15)12-20-17-9-6-14(18)11-16(17)19/h4-9,11,20H,2-3,10,12H2,1H3. The van der Waals surface area contributed by atoms with Gasteiger partial charge in [-0.15, -0.1) is 0 Å². The third-order valence-electron chi connectivity index (χ3n) is 3.10. The molecule has 0 unspecified atom stereocenters. The van der Waals surface area contributed by atoms with E-state index < -0.39 is 0 Å². The Morgan fingerprint density at radius 2 is 1.90 bits per heavy atom. The van der Waals surface area contributed by atoms with E-state index in [2.05, 4.69) is 47.0 Å². The maximum Gasteiger partial charge on any atom is 0.119 e. The fourth-order valence-electron chi connectivity index (χ4n) is 1.87. The average molecular weight is 416 g/mol. The number of hydrogen-bond donors (Lipinski definition) is 1. The van der Waals surface area contributed by atoms with Gasteiger partial charge in [-0.3, -0.25) is 0 Å². The van der Waals surface area contributed by atoms with E-state index in [1.54, 1.807) is 0 Å². The molecule has 0 aliphatic heterocycles. The van der Waals surface area contributed by atoms with E-state index >= 15 is 0 Å². The van der Waals surface area contributed by atoms with Gasteiger partial charge in [0.15, 0.2) is 0 Å². The summed E-state index contributed by atoms with van der Waals surface area (Å²) in [5.74, 6) is 0.938. The van der Waals surface area contributed by atoms with Gasteiger partial charge in [-0.05, 0) is 64.9 Å². The van der Waals surface area contributed by atoms with Crippen LogP contribution in [0.5, 0.6) is 5.75 Å². The van der Waals surface area contributed by atoms with Crippen LogP contribution in [0.2, 0.25) is 5.02 Å². The zero-order valence-corrected chi connectivity index (χ0v) is 14.9. The van der Waals surface area contributed by atoms with Crippen molar-refractivity contribution in [1.82, 2.24) is 0 Å². The fourth-order valence-corrected chi connectivity index (χ4v) is 2.93. The minimum atomic E-state index is 0.763. The van der Waals surface area contributed by atoms with Crippen LogP contribution in [-0.2, 0) is 6.54 Å². The Balaban J connectivity index is 1.88. The molecule has 0 spiro atoms. The van der Waals surface area contributed by atoms with Gasteiger partial charge in [-0.2, -0.15) is 0 Å². The summed E-state index contributed by atoms with van der Waals surface area (Å²) in [6.07, 6.45) is 2.25. The third kappa shape index (κ3) is 5.40. The number of hydrogen-bond acceptors (Lipinski definition) is 2. The highest BCUT2D eigenvalue weighted by molar-refractivity contribution is 14.1. The van der Waals surface area contributed by atoms with Gasteiger partial charge in [0.1, 0.15) is 5.75 Å². The lowest BCUT2D eigenvalue weighted by Crippen LogP contribution is -2.01. The lowest BCUT2D eigenvalue weighted by atomic mass is 10.2. The van der Waals surface area contributed by atoms with Crippen molar-refractivity contribution in [3.05, 3.63) is 56.6 Å². The first-order valence-corrected chi connectivity index (χ1v) is 8.55. The van der Waals surface area contributed by atoms with Crippen LogP contribution in [0.4, 0.5) is 5.69 Å². The number of anilines is 1. The Morgan fingerprint density at radius 1 is 1.14 bits per heavy atom.